The van der Waals surface area contributed by atoms with Crippen LogP contribution in [0.15, 0.2) is 17.0 Å². The van der Waals surface area contributed by atoms with Gasteiger partial charge in [0.1, 0.15) is 6.54 Å². The van der Waals surface area contributed by atoms with Crippen molar-refractivity contribution in [3.8, 4) is 11.5 Å². The van der Waals surface area contributed by atoms with E-state index in [2.05, 4.69) is 22.6 Å². The van der Waals surface area contributed by atoms with E-state index >= 15 is 0 Å². The zero-order valence-electron chi connectivity index (χ0n) is 15.0. The zero-order chi connectivity index (χ0) is 19.6. The molecule has 0 bridgehead atoms. The number of ether oxygens (including phenoxy) is 2. The highest BCUT2D eigenvalue weighted by Crippen LogP contribution is 2.37. The zero-order valence-corrected chi connectivity index (χ0v) is 18.0. The van der Waals surface area contributed by atoms with Crippen molar-refractivity contribution in [1.82, 2.24) is 9.80 Å². The van der Waals surface area contributed by atoms with Crippen LogP contribution in [0.25, 0.3) is 6.08 Å². The Morgan fingerprint density at radius 3 is 2.56 bits per heavy atom. The van der Waals surface area contributed by atoms with E-state index in [1.165, 1.54) is 7.11 Å². The van der Waals surface area contributed by atoms with Crippen LogP contribution in [-0.2, 0) is 9.59 Å². The predicted octanol–water partition coefficient (Wildman–Crippen LogP) is 2.97. The molecule has 2 aliphatic heterocycles. The molecule has 2 heterocycles. The molecular formula is C18H19IN2O5S. The molecule has 3 rings (SSSR count). The third-order valence-corrected chi connectivity index (χ3v) is 6.09. The van der Waals surface area contributed by atoms with Crippen LogP contribution in [0, 0.1) is 3.57 Å². The fraction of sp³-hybridized carbons (Fsp3) is 0.389. The van der Waals surface area contributed by atoms with Crippen molar-refractivity contribution in [2.75, 3.05) is 33.9 Å². The SMILES string of the molecule is COc1cc(/C=C2/SC(=O)N(CC(=O)N3CCCC3)C2=O)cc(I)c1OC. The number of benzene rings is 1. The lowest BCUT2D eigenvalue weighted by atomic mass is 10.2. The quantitative estimate of drug-likeness (QED) is 0.456. The fourth-order valence-corrected chi connectivity index (χ4v) is 4.69. The first kappa shape index (κ1) is 20.0. The topological polar surface area (TPSA) is 76.2 Å². The Balaban J connectivity index is 1.80. The van der Waals surface area contributed by atoms with Crippen LogP contribution in [0.3, 0.4) is 0 Å². The van der Waals surface area contributed by atoms with Gasteiger partial charge >= 0.3 is 0 Å². The lowest BCUT2D eigenvalue weighted by molar-refractivity contribution is -0.135. The maximum absolute atomic E-state index is 12.6. The van der Waals surface area contributed by atoms with Gasteiger partial charge in [0.2, 0.25) is 5.91 Å². The minimum atomic E-state index is -0.442. The molecule has 27 heavy (non-hydrogen) atoms. The molecule has 144 valence electrons. The maximum atomic E-state index is 12.6. The highest BCUT2D eigenvalue weighted by molar-refractivity contribution is 14.1. The van der Waals surface area contributed by atoms with Gasteiger partial charge in [0.05, 0.1) is 22.7 Å². The van der Waals surface area contributed by atoms with Gasteiger partial charge in [0.25, 0.3) is 11.1 Å². The molecule has 7 nitrogen and oxygen atoms in total. The number of imide groups is 1. The van der Waals surface area contributed by atoms with Crippen LogP contribution in [0.2, 0.25) is 0 Å². The summed E-state index contributed by atoms with van der Waals surface area (Å²) in [6, 6.07) is 3.58. The molecule has 3 amide bonds. The summed E-state index contributed by atoms with van der Waals surface area (Å²) in [5, 5.41) is -0.422. The third-order valence-electron chi connectivity index (χ3n) is 4.38. The summed E-state index contributed by atoms with van der Waals surface area (Å²) in [7, 11) is 3.10. The van der Waals surface area contributed by atoms with Crippen molar-refractivity contribution in [3.05, 3.63) is 26.2 Å². The van der Waals surface area contributed by atoms with Gasteiger partial charge in [-0.3, -0.25) is 19.3 Å². The number of hydrogen-bond donors (Lipinski definition) is 0. The minimum Gasteiger partial charge on any atom is -0.493 e. The molecule has 0 unspecified atom stereocenters. The van der Waals surface area contributed by atoms with Crippen molar-refractivity contribution in [2.24, 2.45) is 0 Å². The van der Waals surface area contributed by atoms with Crippen LogP contribution in [-0.4, -0.2) is 60.7 Å². The smallest absolute Gasteiger partial charge is 0.294 e. The second-order valence-electron chi connectivity index (χ2n) is 6.09. The Kier molecular flexibility index (Phi) is 6.30. The van der Waals surface area contributed by atoms with E-state index < -0.39 is 11.1 Å². The highest BCUT2D eigenvalue weighted by atomic mass is 127. The summed E-state index contributed by atoms with van der Waals surface area (Å²) in [5.41, 5.74) is 0.716. The van der Waals surface area contributed by atoms with Crippen LogP contribution in [0.1, 0.15) is 18.4 Å². The molecule has 0 N–H and O–H groups in total. The lowest BCUT2D eigenvalue weighted by Crippen LogP contribution is -2.40. The summed E-state index contributed by atoms with van der Waals surface area (Å²) >= 11 is 2.96. The average Bonchev–Trinajstić information content (AvgIpc) is 3.26. The lowest BCUT2D eigenvalue weighted by Gasteiger charge is -2.18. The average molecular weight is 502 g/mol. The number of likely N-dealkylation sites (tertiary alicyclic amines) is 1. The van der Waals surface area contributed by atoms with Gasteiger partial charge in [0, 0.05) is 13.1 Å². The number of carbonyl (C=O) groups is 3. The first-order valence-corrected chi connectivity index (χ1v) is 10.3. The van der Waals surface area contributed by atoms with Crippen LogP contribution < -0.4 is 9.47 Å². The third kappa shape index (κ3) is 4.23. The Labute approximate surface area is 175 Å². The first-order valence-electron chi connectivity index (χ1n) is 8.39. The summed E-state index contributed by atoms with van der Waals surface area (Å²) in [6.45, 7) is 1.18. The largest absolute Gasteiger partial charge is 0.493 e. The minimum absolute atomic E-state index is 0.184. The van der Waals surface area contributed by atoms with Gasteiger partial charge in [-0.05, 0) is 71.0 Å². The number of carbonyl (C=O) groups excluding carboxylic acids is 3. The first-order chi connectivity index (χ1) is 12.9. The summed E-state index contributed by atoms with van der Waals surface area (Å²) < 4.78 is 11.5. The number of methoxy groups -OCH3 is 2. The Hall–Kier alpha value is -1.75. The number of nitrogens with zero attached hydrogens (tertiary/aromatic N) is 2. The number of amides is 3. The monoisotopic (exact) mass is 502 g/mol. The van der Waals surface area contributed by atoms with E-state index in [9.17, 15) is 14.4 Å². The van der Waals surface area contributed by atoms with E-state index in [-0.39, 0.29) is 17.4 Å². The molecule has 0 aromatic heterocycles. The molecule has 9 heteroatoms. The molecule has 0 spiro atoms. The molecule has 2 fully saturated rings. The fourth-order valence-electron chi connectivity index (χ4n) is 3.01. The van der Waals surface area contributed by atoms with Crippen molar-refractivity contribution in [2.45, 2.75) is 12.8 Å². The van der Waals surface area contributed by atoms with Crippen molar-refractivity contribution in [3.63, 3.8) is 0 Å². The second kappa shape index (κ2) is 8.51. The van der Waals surface area contributed by atoms with Crippen LogP contribution >= 0.6 is 34.4 Å². The molecule has 1 aromatic rings. The Morgan fingerprint density at radius 2 is 1.93 bits per heavy atom. The number of rotatable bonds is 5. The van der Waals surface area contributed by atoms with E-state index in [1.807, 2.05) is 6.07 Å². The summed E-state index contributed by atoms with van der Waals surface area (Å²) in [5.74, 6) is 0.526. The van der Waals surface area contributed by atoms with Crippen molar-refractivity contribution in [1.29, 1.82) is 0 Å². The van der Waals surface area contributed by atoms with Gasteiger partial charge in [-0.1, -0.05) is 0 Å². The standard InChI is InChI=1S/C18H19IN2O5S/c1-25-13-8-11(7-12(19)16(13)26-2)9-14-17(23)21(18(24)27-14)10-15(22)20-5-3-4-6-20/h7-9H,3-6,10H2,1-2H3/b14-9+. The predicted molar refractivity (Wildman–Crippen MR) is 111 cm³/mol. The van der Waals surface area contributed by atoms with Crippen molar-refractivity contribution < 1.29 is 23.9 Å². The molecule has 0 saturated carbocycles. The van der Waals surface area contributed by atoms with E-state index in [1.54, 1.807) is 24.2 Å². The molecule has 1 aromatic carbocycles. The molecule has 0 atom stereocenters. The highest BCUT2D eigenvalue weighted by Gasteiger charge is 2.37. The maximum Gasteiger partial charge on any atom is 0.294 e. The van der Waals surface area contributed by atoms with E-state index in [0.29, 0.717) is 30.2 Å². The molecule has 0 aliphatic carbocycles. The molecule has 2 saturated heterocycles. The number of halogens is 1. The van der Waals surface area contributed by atoms with Crippen LogP contribution in [0.5, 0.6) is 11.5 Å². The van der Waals surface area contributed by atoms with Gasteiger partial charge in [-0.15, -0.1) is 0 Å². The van der Waals surface area contributed by atoms with E-state index in [0.717, 1.165) is 33.1 Å². The van der Waals surface area contributed by atoms with Gasteiger partial charge in [-0.2, -0.15) is 0 Å². The van der Waals surface area contributed by atoms with Gasteiger partial charge in [0.15, 0.2) is 11.5 Å². The second-order valence-corrected chi connectivity index (χ2v) is 8.25. The normalized spacial score (nSPS) is 18.6. The van der Waals surface area contributed by atoms with E-state index in [4.69, 9.17) is 9.47 Å². The Morgan fingerprint density at radius 1 is 1.22 bits per heavy atom. The molecule has 0 radical (unpaired) electrons. The number of thioether (sulfide) groups is 1. The van der Waals surface area contributed by atoms with Crippen molar-refractivity contribution >= 4 is 57.5 Å². The summed E-state index contributed by atoms with van der Waals surface area (Å²) in [4.78, 5) is 40.1. The van der Waals surface area contributed by atoms with Gasteiger partial charge < -0.3 is 14.4 Å². The molecular weight excluding hydrogens is 483 g/mol. The Bertz CT molecular complexity index is 820. The van der Waals surface area contributed by atoms with Gasteiger partial charge in [-0.25, -0.2) is 0 Å². The van der Waals surface area contributed by atoms with Crippen LogP contribution in [0.4, 0.5) is 4.79 Å². The number of hydrogen-bond acceptors (Lipinski definition) is 6. The summed E-state index contributed by atoms with van der Waals surface area (Å²) in [6.07, 6.45) is 3.56. The molecule has 2 aliphatic rings.